The third-order valence-electron chi connectivity index (χ3n) is 4.05. The van der Waals surface area contributed by atoms with E-state index in [9.17, 15) is 26.7 Å². The molecular weight excluding hydrogens is 457 g/mol. The van der Waals surface area contributed by atoms with Gasteiger partial charge in [0.15, 0.2) is 0 Å². The summed E-state index contributed by atoms with van der Waals surface area (Å²) in [5.41, 5.74) is 0.575. The van der Waals surface area contributed by atoms with Crippen molar-refractivity contribution in [1.82, 2.24) is 29.5 Å². The number of alkyl halides is 5. The molecule has 32 heavy (non-hydrogen) atoms. The topological polar surface area (TPSA) is 90.5 Å². The maximum atomic E-state index is 13.1. The van der Waals surface area contributed by atoms with Crippen LogP contribution >= 0.6 is 11.3 Å². The van der Waals surface area contributed by atoms with Crippen LogP contribution in [-0.4, -0.2) is 41.6 Å². The minimum absolute atomic E-state index is 0.00143. The minimum atomic E-state index is -4.43. The number of pyridine rings is 1. The number of rotatable bonds is 6. The maximum absolute atomic E-state index is 13.1. The van der Waals surface area contributed by atoms with Gasteiger partial charge in [-0.2, -0.15) is 32.1 Å². The quantitative estimate of drug-likeness (QED) is 0.421. The molecule has 1 amide bonds. The predicted octanol–water partition coefficient (Wildman–Crippen LogP) is 4.47. The smallest absolute Gasteiger partial charge is 0.317 e. The predicted molar refractivity (Wildman–Crippen MR) is 104 cm³/mol. The van der Waals surface area contributed by atoms with E-state index >= 15 is 0 Å². The van der Waals surface area contributed by atoms with Gasteiger partial charge in [-0.3, -0.25) is 14.5 Å². The van der Waals surface area contributed by atoms with Gasteiger partial charge in [-0.05, 0) is 12.1 Å². The molecule has 0 aliphatic carbocycles. The van der Waals surface area contributed by atoms with E-state index in [2.05, 4.69) is 25.5 Å². The summed E-state index contributed by atoms with van der Waals surface area (Å²) >= 11 is 1.02. The Balaban J connectivity index is 1.55. The zero-order chi connectivity index (χ0) is 22.9. The molecule has 0 aliphatic heterocycles. The fourth-order valence-electron chi connectivity index (χ4n) is 2.72. The highest BCUT2D eigenvalue weighted by Crippen LogP contribution is 2.29. The van der Waals surface area contributed by atoms with Crippen LogP contribution in [0.2, 0.25) is 0 Å². The summed E-state index contributed by atoms with van der Waals surface area (Å²) in [5, 5.41) is 11.6. The zero-order valence-electron chi connectivity index (χ0n) is 15.8. The normalized spacial score (nSPS) is 11.8. The first-order chi connectivity index (χ1) is 15.2. The van der Waals surface area contributed by atoms with Gasteiger partial charge in [-0.1, -0.05) is 6.07 Å². The first kappa shape index (κ1) is 21.5. The first-order valence-electron chi connectivity index (χ1n) is 8.85. The second-order valence-corrected chi connectivity index (χ2v) is 7.26. The summed E-state index contributed by atoms with van der Waals surface area (Å²) in [5.74, 6) is -0.707. The minimum Gasteiger partial charge on any atom is -0.317 e. The lowest BCUT2D eigenvalue weighted by Crippen LogP contribution is -2.17. The molecule has 14 heteroatoms. The molecule has 166 valence electrons. The van der Waals surface area contributed by atoms with E-state index in [0.29, 0.717) is 14.9 Å². The van der Waals surface area contributed by atoms with Crippen LogP contribution in [0.1, 0.15) is 17.0 Å². The highest BCUT2D eigenvalue weighted by Gasteiger charge is 2.28. The lowest BCUT2D eigenvalue weighted by Gasteiger charge is -2.04. The molecule has 0 aliphatic rings. The molecule has 4 rings (SSSR count). The number of hydrogen-bond acceptors (Lipinski definition) is 6. The van der Waals surface area contributed by atoms with Crippen LogP contribution in [0.4, 0.5) is 27.6 Å². The molecule has 0 bridgehead atoms. The Labute approximate surface area is 180 Å². The van der Waals surface area contributed by atoms with Crippen molar-refractivity contribution in [1.29, 1.82) is 0 Å². The van der Waals surface area contributed by atoms with E-state index < -0.39 is 25.2 Å². The number of anilines is 1. The van der Waals surface area contributed by atoms with Crippen molar-refractivity contribution < 1.29 is 26.7 Å². The number of nitrogens with one attached hydrogen (secondary N) is 1. The molecule has 0 atom stereocenters. The van der Waals surface area contributed by atoms with E-state index in [1.165, 1.54) is 24.0 Å². The Morgan fingerprint density at radius 2 is 2.03 bits per heavy atom. The van der Waals surface area contributed by atoms with Crippen LogP contribution < -0.4 is 5.32 Å². The number of nitrogens with zero attached hydrogens (tertiary/aromatic N) is 6. The molecule has 4 heterocycles. The number of carbonyl (C=O) groups is 1. The highest BCUT2D eigenvalue weighted by molar-refractivity contribution is 7.13. The maximum Gasteiger partial charge on any atom is 0.408 e. The summed E-state index contributed by atoms with van der Waals surface area (Å²) in [7, 11) is 0. The molecule has 0 radical (unpaired) electrons. The highest BCUT2D eigenvalue weighted by atomic mass is 32.1. The fraction of sp³-hybridized carbons (Fsp3) is 0.167. The average molecular weight is 469 g/mol. The molecule has 0 aromatic carbocycles. The van der Waals surface area contributed by atoms with Crippen LogP contribution in [0.5, 0.6) is 0 Å². The van der Waals surface area contributed by atoms with Crippen molar-refractivity contribution in [2.75, 3.05) is 5.32 Å². The Hall–Kier alpha value is -3.68. The van der Waals surface area contributed by atoms with Crippen molar-refractivity contribution >= 4 is 22.9 Å². The Morgan fingerprint density at radius 1 is 1.22 bits per heavy atom. The zero-order valence-corrected chi connectivity index (χ0v) is 16.6. The number of aromatic nitrogens is 6. The van der Waals surface area contributed by atoms with Crippen molar-refractivity contribution in [2.45, 2.75) is 19.3 Å². The van der Waals surface area contributed by atoms with Gasteiger partial charge >= 0.3 is 12.7 Å². The van der Waals surface area contributed by atoms with Crippen LogP contribution in [-0.2, 0) is 6.54 Å². The number of carbonyl (C=O) groups excluding carboxylic acids is 1. The van der Waals surface area contributed by atoms with Crippen LogP contribution in [0.3, 0.4) is 0 Å². The standard InChI is InChI=1S/C18H12F5N7OS/c19-17(20)30-7-12(14(28-30)11-3-1-2-4-24-11)26-15(31)13-8-32-16(27-13)10-5-25-29(6-10)9-18(21,22)23/h1-8,17H,9H2,(H,26,31). The molecule has 0 spiro atoms. The third-order valence-corrected chi connectivity index (χ3v) is 4.94. The summed E-state index contributed by atoms with van der Waals surface area (Å²) in [4.78, 5) is 20.8. The molecule has 4 aromatic rings. The molecule has 8 nitrogen and oxygen atoms in total. The van der Waals surface area contributed by atoms with E-state index in [1.54, 1.807) is 18.2 Å². The Bertz CT molecular complexity index is 1230. The van der Waals surface area contributed by atoms with E-state index in [4.69, 9.17) is 0 Å². The largest absolute Gasteiger partial charge is 0.408 e. The first-order valence-corrected chi connectivity index (χ1v) is 9.73. The molecule has 0 saturated carbocycles. The van der Waals surface area contributed by atoms with Crippen molar-refractivity contribution in [3.05, 3.63) is 54.1 Å². The summed E-state index contributed by atoms with van der Waals surface area (Å²) in [6.45, 7) is -4.18. The van der Waals surface area contributed by atoms with Gasteiger partial charge in [0.25, 0.3) is 5.91 Å². The molecule has 4 aromatic heterocycles. The van der Waals surface area contributed by atoms with Gasteiger partial charge in [0.2, 0.25) is 0 Å². The van der Waals surface area contributed by atoms with Crippen molar-refractivity contribution in [2.24, 2.45) is 0 Å². The second kappa shape index (κ2) is 8.45. The summed E-state index contributed by atoms with van der Waals surface area (Å²) < 4.78 is 64.8. The molecule has 0 saturated heterocycles. The van der Waals surface area contributed by atoms with E-state index in [1.807, 2.05) is 0 Å². The lowest BCUT2D eigenvalue weighted by atomic mass is 10.2. The monoisotopic (exact) mass is 469 g/mol. The van der Waals surface area contributed by atoms with Crippen LogP contribution in [0.25, 0.3) is 22.0 Å². The lowest BCUT2D eigenvalue weighted by molar-refractivity contribution is -0.142. The number of hydrogen-bond donors (Lipinski definition) is 1. The Kier molecular flexibility index (Phi) is 5.69. The van der Waals surface area contributed by atoms with Crippen LogP contribution in [0, 0.1) is 0 Å². The van der Waals surface area contributed by atoms with E-state index in [0.717, 1.165) is 17.5 Å². The molecule has 0 unspecified atom stereocenters. The van der Waals surface area contributed by atoms with Gasteiger partial charge in [0.05, 0.1) is 23.8 Å². The summed E-state index contributed by atoms with van der Waals surface area (Å²) in [6.07, 6.45) is 0.373. The molecular formula is C18H12F5N7OS. The second-order valence-electron chi connectivity index (χ2n) is 6.40. The number of halogens is 5. The summed E-state index contributed by atoms with van der Waals surface area (Å²) in [6, 6.07) is 4.83. The van der Waals surface area contributed by atoms with Gasteiger partial charge in [-0.25, -0.2) is 9.67 Å². The van der Waals surface area contributed by atoms with E-state index in [-0.39, 0.29) is 27.8 Å². The molecule has 0 fully saturated rings. The molecule has 1 N–H and O–H groups in total. The van der Waals surface area contributed by atoms with Crippen molar-refractivity contribution in [3.8, 4) is 22.0 Å². The van der Waals surface area contributed by atoms with Gasteiger partial charge in [0.1, 0.15) is 22.9 Å². The third kappa shape index (κ3) is 4.80. The Morgan fingerprint density at radius 3 is 2.72 bits per heavy atom. The van der Waals surface area contributed by atoms with Gasteiger partial charge in [-0.15, -0.1) is 11.3 Å². The average Bonchev–Trinajstić information content (AvgIpc) is 3.46. The van der Waals surface area contributed by atoms with Gasteiger partial charge < -0.3 is 5.32 Å². The van der Waals surface area contributed by atoms with Crippen LogP contribution in [0.15, 0.2) is 48.4 Å². The SMILES string of the molecule is O=C(Nc1cn(C(F)F)nc1-c1ccccn1)c1csc(-c2cnn(CC(F)(F)F)c2)n1. The van der Waals surface area contributed by atoms with Gasteiger partial charge in [0, 0.05) is 23.3 Å². The fourth-order valence-corrected chi connectivity index (χ4v) is 3.49. The van der Waals surface area contributed by atoms with Crippen molar-refractivity contribution in [3.63, 3.8) is 0 Å². The number of amides is 1. The number of thiazole rings is 1.